The summed E-state index contributed by atoms with van der Waals surface area (Å²) in [5.74, 6) is -0.228. The molecule has 1 nitrogen and oxygen atoms in total. The number of halogens is 1. The highest BCUT2D eigenvalue weighted by Crippen LogP contribution is 2.26. The normalized spacial score (nSPS) is 10.6. The fraction of sp³-hybridized carbons (Fsp3) is 0.105. The van der Waals surface area contributed by atoms with Gasteiger partial charge < -0.3 is 0 Å². The van der Waals surface area contributed by atoms with E-state index in [1.807, 2.05) is 18.2 Å². The Hall–Kier alpha value is -2.48. The maximum atomic E-state index is 13.1. The topological polar surface area (TPSA) is 12.9 Å². The number of benzene rings is 2. The standard InChI is InChI=1S/C19H16FN/c1-2-18-12-16(14-6-4-3-5-7-14)13-19(21-18)15-8-10-17(20)11-9-15/h3-13H,2H2,1H3. The molecule has 1 aromatic heterocycles. The average molecular weight is 277 g/mol. The van der Waals surface area contributed by atoms with Crippen LogP contribution in [0.15, 0.2) is 66.7 Å². The molecular formula is C19H16FN. The zero-order chi connectivity index (χ0) is 14.7. The van der Waals surface area contributed by atoms with Gasteiger partial charge in [0.15, 0.2) is 0 Å². The minimum Gasteiger partial charge on any atom is -0.253 e. The van der Waals surface area contributed by atoms with E-state index in [2.05, 4.69) is 36.2 Å². The van der Waals surface area contributed by atoms with Crippen LogP contribution in [0.1, 0.15) is 12.6 Å². The van der Waals surface area contributed by atoms with Crippen molar-refractivity contribution in [3.63, 3.8) is 0 Å². The Labute approximate surface area is 124 Å². The summed E-state index contributed by atoms with van der Waals surface area (Å²) in [5, 5.41) is 0. The van der Waals surface area contributed by atoms with Crippen molar-refractivity contribution < 1.29 is 4.39 Å². The number of hydrogen-bond acceptors (Lipinski definition) is 1. The van der Waals surface area contributed by atoms with Gasteiger partial charge in [0.05, 0.1) is 5.69 Å². The zero-order valence-electron chi connectivity index (χ0n) is 11.9. The van der Waals surface area contributed by atoms with Crippen LogP contribution in [0, 0.1) is 5.82 Å². The van der Waals surface area contributed by atoms with Crippen LogP contribution in [0.3, 0.4) is 0 Å². The molecule has 0 saturated heterocycles. The van der Waals surface area contributed by atoms with Gasteiger partial charge in [-0.05, 0) is 53.9 Å². The molecule has 2 aromatic carbocycles. The van der Waals surface area contributed by atoms with Crippen molar-refractivity contribution in [2.45, 2.75) is 13.3 Å². The van der Waals surface area contributed by atoms with Gasteiger partial charge in [-0.1, -0.05) is 37.3 Å². The minimum atomic E-state index is -0.228. The highest BCUT2D eigenvalue weighted by Gasteiger charge is 2.06. The first-order chi connectivity index (χ1) is 10.3. The lowest BCUT2D eigenvalue weighted by Gasteiger charge is -2.09. The van der Waals surface area contributed by atoms with Crippen molar-refractivity contribution in [3.8, 4) is 22.4 Å². The summed E-state index contributed by atoms with van der Waals surface area (Å²) in [7, 11) is 0. The molecule has 0 N–H and O–H groups in total. The molecule has 0 amide bonds. The summed E-state index contributed by atoms with van der Waals surface area (Å²) < 4.78 is 13.1. The lowest BCUT2D eigenvalue weighted by molar-refractivity contribution is 0.628. The first-order valence-corrected chi connectivity index (χ1v) is 7.08. The van der Waals surface area contributed by atoms with Gasteiger partial charge in [-0.25, -0.2) is 4.39 Å². The van der Waals surface area contributed by atoms with Crippen LogP contribution in [0.4, 0.5) is 4.39 Å². The molecule has 0 bridgehead atoms. The summed E-state index contributed by atoms with van der Waals surface area (Å²) in [6.45, 7) is 2.09. The number of nitrogens with zero attached hydrogens (tertiary/aromatic N) is 1. The smallest absolute Gasteiger partial charge is 0.123 e. The Kier molecular flexibility index (Phi) is 3.78. The van der Waals surface area contributed by atoms with Crippen molar-refractivity contribution in [2.75, 3.05) is 0 Å². The second kappa shape index (κ2) is 5.88. The lowest BCUT2D eigenvalue weighted by atomic mass is 10.0. The van der Waals surface area contributed by atoms with E-state index in [9.17, 15) is 4.39 Å². The van der Waals surface area contributed by atoms with E-state index in [4.69, 9.17) is 0 Å². The molecule has 0 aliphatic rings. The SMILES string of the molecule is CCc1cc(-c2ccccc2)cc(-c2ccc(F)cc2)n1. The van der Waals surface area contributed by atoms with Gasteiger partial charge >= 0.3 is 0 Å². The third-order valence-electron chi connectivity index (χ3n) is 3.49. The van der Waals surface area contributed by atoms with E-state index in [0.717, 1.165) is 34.5 Å². The first-order valence-electron chi connectivity index (χ1n) is 7.08. The minimum absolute atomic E-state index is 0.228. The summed E-state index contributed by atoms with van der Waals surface area (Å²) in [6.07, 6.45) is 0.870. The molecule has 1 heterocycles. The zero-order valence-corrected chi connectivity index (χ0v) is 11.9. The molecule has 0 saturated carbocycles. The van der Waals surface area contributed by atoms with Crippen LogP contribution in [0.2, 0.25) is 0 Å². The second-order valence-electron chi connectivity index (χ2n) is 4.96. The maximum absolute atomic E-state index is 13.1. The number of aryl methyl sites for hydroxylation is 1. The monoisotopic (exact) mass is 277 g/mol. The summed E-state index contributed by atoms with van der Waals surface area (Å²) in [4.78, 5) is 4.65. The molecule has 0 radical (unpaired) electrons. The van der Waals surface area contributed by atoms with Crippen LogP contribution >= 0.6 is 0 Å². The van der Waals surface area contributed by atoms with E-state index < -0.39 is 0 Å². The van der Waals surface area contributed by atoms with Gasteiger partial charge in [0.1, 0.15) is 5.82 Å². The van der Waals surface area contributed by atoms with Crippen LogP contribution in [-0.4, -0.2) is 4.98 Å². The largest absolute Gasteiger partial charge is 0.253 e. The molecule has 2 heteroatoms. The number of rotatable bonds is 3. The van der Waals surface area contributed by atoms with Crippen molar-refractivity contribution in [2.24, 2.45) is 0 Å². The number of pyridine rings is 1. The fourth-order valence-electron chi connectivity index (χ4n) is 2.33. The summed E-state index contributed by atoms with van der Waals surface area (Å²) >= 11 is 0. The Morgan fingerprint density at radius 1 is 0.810 bits per heavy atom. The van der Waals surface area contributed by atoms with Gasteiger partial charge in [-0.3, -0.25) is 4.98 Å². The van der Waals surface area contributed by atoms with Crippen LogP contribution in [0.5, 0.6) is 0 Å². The molecule has 0 unspecified atom stereocenters. The van der Waals surface area contributed by atoms with Crippen molar-refractivity contribution in [1.29, 1.82) is 0 Å². The molecule has 0 spiro atoms. The second-order valence-corrected chi connectivity index (χ2v) is 4.96. The van der Waals surface area contributed by atoms with Gasteiger partial charge in [-0.15, -0.1) is 0 Å². The Morgan fingerprint density at radius 3 is 2.19 bits per heavy atom. The summed E-state index contributed by atoms with van der Waals surface area (Å²) in [6, 6.07) is 20.9. The average Bonchev–Trinajstić information content (AvgIpc) is 2.56. The molecule has 0 fully saturated rings. The van der Waals surface area contributed by atoms with Gasteiger partial charge in [0, 0.05) is 11.3 Å². The molecule has 3 aromatic rings. The fourth-order valence-corrected chi connectivity index (χ4v) is 2.33. The van der Waals surface area contributed by atoms with Crippen molar-refractivity contribution >= 4 is 0 Å². The Bertz CT molecular complexity index is 733. The molecular weight excluding hydrogens is 261 g/mol. The third kappa shape index (κ3) is 3.00. The molecule has 104 valence electrons. The van der Waals surface area contributed by atoms with Crippen molar-refractivity contribution in [3.05, 3.63) is 78.2 Å². The van der Waals surface area contributed by atoms with Gasteiger partial charge in [-0.2, -0.15) is 0 Å². The van der Waals surface area contributed by atoms with E-state index in [-0.39, 0.29) is 5.82 Å². The predicted octanol–water partition coefficient (Wildman–Crippen LogP) is 5.12. The van der Waals surface area contributed by atoms with Crippen molar-refractivity contribution in [1.82, 2.24) is 4.98 Å². The Morgan fingerprint density at radius 2 is 1.52 bits per heavy atom. The van der Waals surface area contributed by atoms with E-state index in [0.29, 0.717) is 0 Å². The molecule has 0 atom stereocenters. The highest BCUT2D eigenvalue weighted by molar-refractivity contribution is 5.71. The predicted molar refractivity (Wildman–Crippen MR) is 84.4 cm³/mol. The molecule has 0 aliphatic carbocycles. The molecule has 21 heavy (non-hydrogen) atoms. The lowest BCUT2D eigenvalue weighted by Crippen LogP contribution is -1.93. The maximum Gasteiger partial charge on any atom is 0.123 e. The highest BCUT2D eigenvalue weighted by atomic mass is 19.1. The Balaban J connectivity index is 2.11. The van der Waals surface area contributed by atoms with E-state index >= 15 is 0 Å². The first kappa shape index (κ1) is 13.5. The number of aromatic nitrogens is 1. The van der Waals surface area contributed by atoms with Crippen LogP contribution in [0.25, 0.3) is 22.4 Å². The van der Waals surface area contributed by atoms with Crippen LogP contribution < -0.4 is 0 Å². The molecule has 0 aliphatic heterocycles. The summed E-state index contributed by atoms with van der Waals surface area (Å²) in [5.41, 5.74) is 5.16. The van der Waals surface area contributed by atoms with Crippen LogP contribution in [-0.2, 0) is 6.42 Å². The number of hydrogen-bond donors (Lipinski definition) is 0. The van der Waals surface area contributed by atoms with Gasteiger partial charge in [0.25, 0.3) is 0 Å². The van der Waals surface area contributed by atoms with E-state index in [1.165, 1.54) is 12.1 Å². The van der Waals surface area contributed by atoms with E-state index in [1.54, 1.807) is 12.1 Å². The molecule has 3 rings (SSSR count). The quantitative estimate of drug-likeness (QED) is 0.647. The van der Waals surface area contributed by atoms with Gasteiger partial charge in [0.2, 0.25) is 0 Å². The third-order valence-corrected chi connectivity index (χ3v) is 3.49.